The van der Waals surface area contributed by atoms with Crippen LogP contribution in [-0.2, 0) is 5.75 Å². The topological polar surface area (TPSA) is 64.9 Å². The monoisotopic (exact) mass is 291 g/mol. The van der Waals surface area contributed by atoms with E-state index in [1.807, 2.05) is 12.1 Å². The van der Waals surface area contributed by atoms with Crippen molar-refractivity contribution in [3.8, 4) is 0 Å². The van der Waals surface area contributed by atoms with E-state index in [4.69, 9.17) is 10.2 Å². The number of thioether (sulfide) groups is 1. The minimum absolute atomic E-state index is 0.171. The zero-order chi connectivity index (χ0) is 14.5. The van der Waals surface area contributed by atoms with Crippen LogP contribution in [0, 0.1) is 12.8 Å². The van der Waals surface area contributed by atoms with E-state index in [0.29, 0.717) is 17.0 Å². The van der Waals surface area contributed by atoms with E-state index in [2.05, 4.69) is 43.1 Å². The van der Waals surface area contributed by atoms with Gasteiger partial charge in [0.25, 0.3) is 5.22 Å². The van der Waals surface area contributed by atoms with Gasteiger partial charge in [-0.05, 0) is 30.4 Å². The van der Waals surface area contributed by atoms with Gasteiger partial charge in [-0.1, -0.05) is 49.9 Å². The molecule has 5 heteroatoms. The van der Waals surface area contributed by atoms with Crippen LogP contribution in [0.4, 0.5) is 0 Å². The Morgan fingerprint density at radius 2 is 2.00 bits per heavy atom. The van der Waals surface area contributed by atoms with Gasteiger partial charge >= 0.3 is 0 Å². The average molecular weight is 291 g/mol. The number of nitrogens with zero attached hydrogens (tertiary/aromatic N) is 2. The first-order chi connectivity index (χ1) is 9.56. The number of hydrogen-bond acceptors (Lipinski definition) is 5. The Bertz CT molecular complexity index is 554. The molecule has 108 valence electrons. The zero-order valence-corrected chi connectivity index (χ0v) is 13.0. The van der Waals surface area contributed by atoms with Gasteiger partial charge in [0.15, 0.2) is 0 Å². The molecule has 0 unspecified atom stereocenters. The van der Waals surface area contributed by atoms with Crippen molar-refractivity contribution < 1.29 is 4.42 Å². The molecule has 0 bridgehead atoms. The highest BCUT2D eigenvalue weighted by molar-refractivity contribution is 7.98. The Balaban J connectivity index is 1.95. The first-order valence-electron chi connectivity index (χ1n) is 6.82. The molecule has 0 aliphatic carbocycles. The van der Waals surface area contributed by atoms with E-state index in [0.717, 1.165) is 12.2 Å². The largest absolute Gasteiger partial charge is 0.414 e. The summed E-state index contributed by atoms with van der Waals surface area (Å²) in [6, 6.07) is 8.13. The van der Waals surface area contributed by atoms with Gasteiger partial charge in [0.05, 0.1) is 6.04 Å². The van der Waals surface area contributed by atoms with Crippen molar-refractivity contribution >= 4 is 11.8 Å². The van der Waals surface area contributed by atoms with Gasteiger partial charge in [0.1, 0.15) is 0 Å². The van der Waals surface area contributed by atoms with Crippen LogP contribution in [0.5, 0.6) is 0 Å². The summed E-state index contributed by atoms with van der Waals surface area (Å²) >= 11 is 1.55. The Morgan fingerprint density at radius 3 is 2.70 bits per heavy atom. The van der Waals surface area contributed by atoms with E-state index in [1.54, 1.807) is 11.8 Å². The van der Waals surface area contributed by atoms with Gasteiger partial charge in [0.2, 0.25) is 5.89 Å². The summed E-state index contributed by atoms with van der Waals surface area (Å²) < 4.78 is 5.62. The summed E-state index contributed by atoms with van der Waals surface area (Å²) in [5, 5.41) is 8.68. The number of nitrogens with two attached hydrogens (primary N) is 1. The molecule has 1 atom stereocenters. The maximum Gasteiger partial charge on any atom is 0.276 e. The second-order valence-corrected chi connectivity index (χ2v) is 6.28. The molecule has 0 radical (unpaired) electrons. The number of benzene rings is 1. The predicted molar refractivity (Wildman–Crippen MR) is 81.4 cm³/mol. The number of hydrogen-bond donors (Lipinski definition) is 1. The summed E-state index contributed by atoms with van der Waals surface area (Å²) in [5.74, 6) is 1.87. The Hall–Kier alpha value is -1.33. The highest BCUT2D eigenvalue weighted by Gasteiger charge is 2.16. The number of aryl methyl sites for hydroxylation is 1. The molecule has 1 aromatic carbocycles. The average Bonchev–Trinajstić information content (AvgIpc) is 2.86. The first-order valence-corrected chi connectivity index (χ1v) is 7.81. The molecular formula is C15H21N3OS. The summed E-state index contributed by atoms with van der Waals surface area (Å²) in [5.41, 5.74) is 8.59. The lowest BCUT2D eigenvalue weighted by Gasteiger charge is -2.08. The molecule has 0 aliphatic heterocycles. The van der Waals surface area contributed by atoms with Crippen LogP contribution >= 0.6 is 11.8 Å². The molecule has 0 fully saturated rings. The lowest BCUT2D eigenvalue weighted by molar-refractivity contribution is 0.361. The lowest BCUT2D eigenvalue weighted by atomic mass is 10.1. The number of aromatic nitrogens is 2. The van der Waals surface area contributed by atoms with E-state index in [1.165, 1.54) is 11.1 Å². The van der Waals surface area contributed by atoms with E-state index >= 15 is 0 Å². The Morgan fingerprint density at radius 1 is 1.25 bits per heavy atom. The Labute approximate surface area is 124 Å². The highest BCUT2D eigenvalue weighted by Crippen LogP contribution is 2.25. The molecule has 1 heterocycles. The molecule has 2 N–H and O–H groups in total. The predicted octanol–water partition coefficient (Wildman–Crippen LogP) is 3.72. The van der Waals surface area contributed by atoms with Gasteiger partial charge in [-0.25, -0.2) is 0 Å². The molecule has 2 rings (SSSR count). The van der Waals surface area contributed by atoms with Gasteiger partial charge in [-0.2, -0.15) is 0 Å². The fourth-order valence-electron chi connectivity index (χ4n) is 1.95. The first kappa shape index (κ1) is 15.1. The fourth-order valence-corrected chi connectivity index (χ4v) is 2.79. The zero-order valence-electron chi connectivity index (χ0n) is 12.2. The SMILES string of the molecule is Cc1ccccc1CSc1nnc([C@H](N)CC(C)C)o1. The normalized spacial score (nSPS) is 12.8. The van der Waals surface area contributed by atoms with Crippen LogP contribution in [0.3, 0.4) is 0 Å². The smallest absolute Gasteiger partial charge is 0.276 e. The lowest BCUT2D eigenvalue weighted by Crippen LogP contribution is -2.13. The molecule has 0 amide bonds. The van der Waals surface area contributed by atoms with Crippen LogP contribution in [0.25, 0.3) is 0 Å². The van der Waals surface area contributed by atoms with Crippen LogP contribution < -0.4 is 5.73 Å². The third kappa shape index (κ3) is 4.08. The Kier molecular flexibility index (Phi) is 5.20. The van der Waals surface area contributed by atoms with Gasteiger partial charge < -0.3 is 10.2 Å². The van der Waals surface area contributed by atoms with Crippen molar-refractivity contribution in [1.82, 2.24) is 10.2 Å². The van der Waals surface area contributed by atoms with Crippen LogP contribution in [0.1, 0.15) is 43.3 Å². The van der Waals surface area contributed by atoms with Gasteiger partial charge in [-0.15, -0.1) is 10.2 Å². The molecule has 0 aliphatic rings. The summed E-state index contributed by atoms with van der Waals surface area (Å²) in [4.78, 5) is 0. The molecule has 0 spiro atoms. The van der Waals surface area contributed by atoms with Crippen LogP contribution in [0.15, 0.2) is 33.9 Å². The van der Waals surface area contributed by atoms with E-state index in [-0.39, 0.29) is 6.04 Å². The van der Waals surface area contributed by atoms with Crippen molar-refractivity contribution in [2.75, 3.05) is 0 Å². The van der Waals surface area contributed by atoms with Crippen molar-refractivity contribution in [2.24, 2.45) is 11.7 Å². The third-order valence-corrected chi connectivity index (χ3v) is 3.94. The van der Waals surface area contributed by atoms with Crippen LogP contribution in [0.2, 0.25) is 0 Å². The van der Waals surface area contributed by atoms with Crippen molar-refractivity contribution in [3.05, 3.63) is 41.3 Å². The second-order valence-electron chi connectivity index (χ2n) is 5.36. The standard InChI is InChI=1S/C15H21N3OS/c1-10(2)8-13(16)14-17-18-15(19-14)20-9-12-7-5-4-6-11(12)3/h4-7,10,13H,8-9,16H2,1-3H3/t13-/m1/s1. The quantitative estimate of drug-likeness (QED) is 0.822. The minimum atomic E-state index is -0.171. The van der Waals surface area contributed by atoms with E-state index in [9.17, 15) is 0 Å². The summed E-state index contributed by atoms with van der Waals surface area (Å²) in [6.45, 7) is 6.36. The maximum absolute atomic E-state index is 6.04. The highest BCUT2D eigenvalue weighted by atomic mass is 32.2. The maximum atomic E-state index is 6.04. The van der Waals surface area contributed by atoms with E-state index < -0.39 is 0 Å². The molecule has 4 nitrogen and oxygen atoms in total. The summed E-state index contributed by atoms with van der Waals surface area (Å²) in [7, 11) is 0. The number of rotatable bonds is 6. The molecule has 2 aromatic rings. The second kappa shape index (κ2) is 6.90. The summed E-state index contributed by atoms with van der Waals surface area (Å²) in [6.07, 6.45) is 0.851. The van der Waals surface area contributed by atoms with Crippen molar-refractivity contribution in [1.29, 1.82) is 0 Å². The van der Waals surface area contributed by atoms with Gasteiger partial charge in [0, 0.05) is 5.75 Å². The van der Waals surface area contributed by atoms with Crippen LogP contribution in [-0.4, -0.2) is 10.2 Å². The third-order valence-electron chi connectivity index (χ3n) is 3.08. The molecule has 0 saturated heterocycles. The molecule has 0 saturated carbocycles. The molecular weight excluding hydrogens is 270 g/mol. The molecule has 1 aromatic heterocycles. The minimum Gasteiger partial charge on any atom is -0.414 e. The van der Waals surface area contributed by atoms with Crippen molar-refractivity contribution in [2.45, 2.75) is 44.2 Å². The van der Waals surface area contributed by atoms with Crippen molar-refractivity contribution in [3.63, 3.8) is 0 Å². The van der Waals surface area contributed by atoms with Gasteiger partial charge in [-0.3, -0.25) is 0 Å². The fraction of sp³-hybridized carbons (Fsp3) is 0.467. The molecule has 20 heavy (non-hydrogen) atoms.